The highest BCUT2D eigenvalue weighted by atomic mass is 16.5. The van der Waals surface area contributed by atoms with E-state index in [1.165, 1.54) is 33.0 Å². The lowest BCUT2D eigenvalue weighted by molar-refractivity contribution is 0.415. The fourth-order valence-electron chi connectivity index (χ4n) is 3.12. The Bertz CT molecular complexity index is 987. The average Bonchev–Trinajstić information content (AvgIpc) is 2.68. The van der Waals surface area contributed by atoms with Gasteiger partial charge in [0, 0.05) is 0 Å². The summed E-state index contributed by atoms with van der Waals surface area (Å²) in [6.45, 7) is 0. The van der Waals surface area contributed by atoms with Crippen LogP contribution in [-0.4, -0.2) is 7.11 Å². The third-order valence-electron chi connectivity index (χ3n) is 4.37. The van der Waals surface area contributed by atoms with Gasteiger partial charge in [-0.15, -0.1) is 0 Å². The van der Waals surface area contributed by atoms with Crippen molar-refractivity contribution in [3.63, 3.8) is 0 Å². The second-order valence-electron chi connectivity index (χ2n) is 5.84. The normalized spacial score (nSPS) is 10.7. The fourth-order valence-corrected chi connectivity index (χ4v) is 3.12. The van der Waals surface area contributed by atoms with Gasteiger partial charge in [-0.3, -0.25) is 0 Å². The van der Waals surface area contributed by atoms with Crippen LogP contribution in [0, 0.1) is 0 Å². The lowest BCUT2D eigenvalue weighted by Gasteiger charge is -2.11. The minimum atomic E-state index is 0.889. The highest BCUT2D eigenvalue weighted by Crippen LogP contribution is 2.34. The van der Waals surface area contributed by atoms with Crippen molar-refractivity contribution in [2.45, 2.75) is 0 Å². The standard InChI is InChI=1S/C23H18O/c1-24-21-14-13-18-15-20(12-11-19(18)16-21)23-10-6-5-9-22(23)17-7-3-2-4-8-17/h2-16H,1H3. The van der Waals surface area contributed by atoms with E-state index in [2.05, 4.69) is 84.9 Å². The molecule has 4 aromatic rings. The highest BCUT2D eigenvalue weighted by molar-refractivity contribution is 5.91. The van der Waals surface area contributed by atoms with Crippen LogP contribution >= 0.6 is 0 Å². The van der Waals surface area contributed by atoms with Gasteiger partial charge in [-0.05, 0) is 51.2 Å². The van der Waals surface area contributed by atoms with Crippen molar-refractivity contribution >= 4 is 10.8 Å². The third kappa shape index (κ3) is 2.65. The summed E-state index contributed by atoms with van der Waals surface area (Å²) in [5, 5.41) is 2.41. The van der Waals surface area contributed by atoms with E-state index in [0.29, 0.717) is 0 Å². The lowest BCUT2D eigenvalue weighted by Crippen LogP contribution is -1.86. The zero-order valence-electron chi connectivity index (χ0n) is 13.6. The van der Waals surface area contributed by atoms with E-state index >= 15 is 0 Å². The van der Waals surface area contributed by atoms with E-state index in [1.807, 2.05) is 6.07 Å². The summed E-state index contributed by atoms with van der Waals surface area (Å²) >= 11 is 0. The quantitative estimate of drug-likeness (QED) is 0.439. The SMILES string of the molecule is COc1ccc2cc(-c3ccccc3-c3ccccc3)ccc2c1. The van der Waals surface area contributed by atoms with E-state index in [0.717, 1.165) is 5.75 Å². The van der Waals surface area contributed by atoms with E-state index in [-0.39, 0.29) is 0 Å². The maximum absolute atomic E-state index is 5.31. The first-order valence-electron chi connectivity index (χ1n) is 8.08. The third-order valence-corrected chi connectivity index (χ3v) is 4.37. The molecule has 4 aromatic carbocycles. The van der Waals surface area contributed by atoms with Crippen LogP contribution in [0.4, 0.5) is 0 Å². The average molecular weight is 310 g/mol. The van der Waals surface area contributed by atoms with Gasteiger partial charge in [0.1, 0.15) is 5.75 Å². The summed E-state index contributed by atoms with van der Waals surface area (Å²) in [5.74, 6) is 0.889. The molecule has 0 bridgehead atoms. The molecule has 1 nitrogen and oxygen atoms in total. The molecule has 0 aliphatic carbocycles. The van der Waals surface area contributed by atoms with E-state index in [1.54, 1.807) is 7.11 Å². The maximum Gasteiger partial charge on any atom is 0.119 e. The van der Waals surface area contributed by atoms with Crippen LogP contribution in [0.15, 0.2) is 91.0 Å². The topological polar surface area (TPSA) is 9.23 Å². The van der Waals surface area contributed by atoms with Crippen LogP contribution in [0.1, 0.15) is 0 Å². The van der Waals surface area contributed by atoms with Crippen LogP contribution < -0.4 is 4.74 Å². The Balaban J connectivity index is 1.86. The largest absolute Gasteiger partial charge is 0.497 e. The molecule has 0 amide bonds. The molecule has 1 heteroatoms. The molecule has 0 fully saturated rings. The maximum atomic E-state index is 5.31. The van der Waals surface area contributed by atoms with Gasteiger partial charge in [0.05, 0.1) is 7.11 Å². The molecule has 0 spiro atoms. The first-order chi connectivity index (χ1) is 11.8. The summed E-state index contributed by atoms with van der Waals surface area (Å²) in [7, 11) is 1.70. The molecular formula is C23H18O. The van der Waals surface area contributed by atoms with E-state index < -0.39 is 0 Å². The highest BCUT2D eigenvalue weighted by Gasteiger charge is 2.07. The van der Waals surface area contributed by atoms with E-state index in [9.17, 15) is 0 Å². The number of fused-ring (bicyclic) bond motifs is 1. The molecule has 4 rings (SSSR count). The Labute approximate surface area is 142 Å². The van der Waals surface area contributed by atoms with Gasteiger partial charge < -0.3 is 4.74 Å². The molecule has 0 saturated heterocycles. The second-order valence-corrected chi connectivity index (χ2v) is 5.84. The van der Waals surface area contributed by atoms with Crippen LogP contribution in [0.3, 0.4) is 0 Å². The van der Waals surface area contributed by atoms with Gasteiger partial charge in [0.25, 0.3) is 0 Å². The fraction of sp³-hybridized carbons (Fsp3) is 0.0435. The number of hydrogen-bond donors (Lipinski definition) is 0. The summed E-state index contributed by atoms with van der Waals surface area (Å²) in [5.41, 5.74) is 4.97. The molecule has 0 radical (unpaired) electrons. The van der Waals surface area contributed by atoms with Crippen molar-refractivity contribution in [1.29, 1.82) is 0 Å². The van der Waals surface area contributed by atoms with Gasteiger partial charge in [0.15, 0.2) is 0 Å². The van der Waals surface area contributed by atoms with Crippen molar-refractivity contribution in [3.05, 3.63) is 91.0 Å². The molecule has 0 aliphatic rings. The summed E-state index contributed by atoms with van der Waals surface area (Å²) in [6, 6.07) is 31.9. The van der Waals surface area contributed by atoms with Crippen molar-refractivity contribution in [1.82, 2.24) is 0 Å². The van der Waals surface area contributed by atoms with Gasteiger partial charge in [0.2, 0.25) is 0 Å². The smallest absolute Gasteiger partial charge is 0.119 e. The molecule has 0 saturated carbocycles. The number of benzene rings is 4. The Kier molecular flexibility index (Phi) is 3.76. The number of methoxy groups -OCH3 is 1. The lowest BCUT2D eigenvalue weighted by atomic mass is 9.93. The minimum Gasteiger partial charge on any atom is -0.497 e. The molecule has 0 atom stereocenters. The van der Waals surface area contributed by atoms with Crippen molar-refractivity contribution in [2.24, 2.45) is 0 Å². The van der Waals surface area contributed by atoms with Crippen LogP contribution in [0.5, 0.6) is 5.75 Å². The van der Waals surface area contributed by atoms with Crippen LogP contribution in [0.2, 0.25) is 0 Å². The van der Waals surface area contributed by atoms with Gasteiger partial charge in [-0.1, -0.05) is 72.8 Å². The summed E-state index contributed by atoms with van der Waals surface area (Å²) in [4.78, 5) is 0. The number of ether oxygens (including phenoxy) is 1. The van der Waals surface area contributed by atoms with Crippen molar-refractivity contribution in [3.8, 4) is 28.0 Å². The first-order valence-corrected chi connectivity index (χ1v) is 8.08. The van der Waals surface area contributed by atoms with Gasteiger partial charge in [-0.25, -0.2) is 0 Å². The Morgan fingerprint density at radius 3 is 1.92 bits per heavy atom. The summed E-state index contributed by atoms with van der Waals surface area (Å²) in [6.07, 6.45) is 0. The first kappa shape index (κ1) is 14.5. The molecule has 24 heavy (non-hydrogen) atoms. The molecule has 0 unspecified atom stereocenters. The molecule has 0 N–H and O–H groups in total. The van der Waals surface area contributed by atoms with E-state index in [4.69, 9.17) is 4.74 Å². The minimum absolute atomic E-state index is 0.889. The summed E-state index contributed by atoms with van der Waals surface area (Å²) < 4.78 is 5.31. The van der Waals surface area contributed by atoms with Gasteiger partial charge >= 0.3 is 0 Å². The van der Waals surface area contributed by atoms with Crippen LogP contribution in [-0.2, 0) is 0 Å². The molecule has 0 aliphatic heterocycles. The van der Waals surface area contributed by atoms with Crippen molar-refractivity contribution in [2.75, 3.05) is 7.11 Å². The molecule has 0 aromatic heterocycles. The zero-order chi connectivity index (χ0) is 16.4. The second kappa shape index (κ2) is 6.21. The Hall–Kier alpha value is -3.06. The predicted octanol–water partition coefficient (Wildman–Crippen LogP) is 6.18. The monoisotopic (exact) mass is 310 g/mol. The van der Waals surface area contributed by atoms with Crippen LogP contribution in [0.25, 0.3) is 33.0 Å². The zero-order valence-corrected chi connectivity index (χ0v) is 13.6. The Morgan fingerprint density at radius 1 is 0.542 bits per heavy atom. The van der Waals surface area contributed by atoms with Crippen molar-refractivity contribution < 1.29 is 4.74 Å². The number of hydrogen-bond acceptors (Lipinski definition) is 1. The Morgan fingerprint density at radius 2 is 1.17 bits per heavy atom. The predicted molar refractivity (Wildman–Crippen MR) is 101 cm³/mol. The molecular weight excluding hydrogens is 292 g/mol. The number of rotatable bonds is 3. The molecule has 116 valence electrons. The van der Waals surface area contributed by atoms with Gasteiger partial charge in [-0.2, -0.15) is 0 Å². The molecule has 0 heterocycles.